The molecule has 4 atom stereocenters. The molecule has 1 aromatic rings. The standard InChI is InChI=1S/C18H20N2O9/c19-17(25)10(6-15(22)23)20-18(26)8-3-11(21)16(24)14(4-8)29-9-1-2-12-13(5-9)28-7-27-12/h1-2,4-5,10-11,14,16,21,24H,3,6-7H2,(H2,19,25)(H,20,26)(H,22,23)/p-1/t10-,11-,14-,16-/m1/s1. The molecule has 156 valence electrons. The van der Waals surface area contributed by atoms with Crippen LogP contribution in [0.15, 0.2) is 29.8 Å². The summed E-state index contributed by atoms with van der Waals surface area (Å²) in [5.41, 5.74) is 5.08. The van der Waals surface area contributed by atoms with Gasteiger partial charge in [0.2, 0.25) is 18.6 Å². The quantitative estimate of drug-likeness (QED) is 0.375. The summed E-state index contributed by atoms with van der Waals surface area (Å²) in [4.78, 5) is 34.4. The summed E-state index contributed by atoms with van der Waals surface area (Å²) in [6, 6.07) is 3.23. The van der Waals surface area contributed by atoms with Gasteiger partial charge in [-0.15, -0.1) is 0 Å². The van der Waals surface area contributed by atoms with Crippen molar-refractivity contribution in [3.63, 3.8) is 0 Å². The molecule has 1 aliphatic heterocycles. The molecule has 0 bridgehead atoms. The van der Waals surface area contributed by atoms with Crippen molar-refractivity contribution in [1.29, 1.82) is 0 Å². The molecule has 1 aliphatic carbocycles. The largest absolute Gasteiger partial charge is 0.550 e. The Bertz CT molecular complexity index is 854. The Hall–Kier alpha value is -3.31. The van der Waals surface area contributed by atoms with Crippen LogP contribution in [-0.4, -0.2) is 59.1 Å². The van der Waals surface area contributed by atoms with Gasteiger partial charge in [-0.25, -0.2) is 0 Å². The average molecular weight is 407 g/mol. The van der Waals surface area contributed by atoms with Crippen molar-refractivity contribution in [3.05, 3.63) is 29.8 Å². The topological polar surface area (TPSA) is 180 Å². The minimum absolute atomic E-state index is 0.00172. The van der Waals surface area contributed by atoms with Gasteiger partial charge in [0.1, 0.15) is 24.0 Å². The van der Waals surface area contributed by atoms with Gasteiger partial charge < -0.3 is 45.4 Å². The van der Waals surface area contributed by atoms with Crippen LogP contribution in [-0.2, 0) is 14.4 Å². The lowest BCUT2D eigenvalue weighted by atomic mass is 9.91. The zero-order valence-corrected chi connectivity index (χ0v) is 15.1. The van der Waals surface area contributed by atoms with Gasteiger partial charge >= 0.3 is 0 Å². The summed E-state index contributed by atoms with van der Waals surface area (Å²) in [5, 5.41) is 33.2. The van der Waals surface area contributed by atoms with Gasteiger partial charge in [-0.1, -0.05) is 0 Å². The van der Waals surface area contributed by atoms with Crippen molar-refractivity contribution >= 4 is 17.8 Å². The normalized spacial score (nSPS) is 23.7. The van der Waals surface area contributed by atoms with E-state index in [4.69, 9.17) is 19.9 Å². The van der Waals surface area contributed by atoms with Crippen LogP contribution in [0.5, 0.6) is 17.2 Å². The highest BCUT2D eigenvalue weighted by molar-refractivity contribution is 5.97. The van der Waals surface area contributed by atoms with Gasteiger partial charge in [0, 0.05) is 30.5 Å². The molecule has 5 N–H and O–H groups in total. The second-order valence-electron chi connectivity index (χ2n) is 6.56. The molecule has 0 radical (unpaired) electrons. The summed E-state index contributed by atoms with van der Waals surface area (Å²) < 4.78 is 16.1. The van der Waals surface area contributed by atoms with Gasteiger partial charge in [-0.3, -0.25) is 9.59 Å². The molecule has 29 heavy (non-hydrogen) atoms. The van der Waals surface area contributed by atoms with Crippen LogP contribution in [0, 0.1) is 0 Å². The van der Waals surface area contributed by atoms with Crippen molar-refractivity contribution in [2.75, 3.05) is 6.79 Å². The first kappa shape index (κ1) is 20.4. The fraction of sp³-hybridized carbons (Fsp3) is 0.389. The number of fused-ring (bicyclic) bond motifs is 1. The van der Waals surface area contributed by atoms with Gasteiger partial charge in [0.25, 0.3) is 0 Å². The SMILES string of the molecule is NC(=O)[C@@H](CC(=O)[O-])NC(=O)C1=C[C@@H](Oc2ccc3c(c2)OCO3)[C@H](O)[C@H](O)C1. The smallest absolute Gasteiger partial charge is 0.247 e. The lowest BCUT2D eigenvalue weighted by Gasteiger charge is -2.31. The van der Waals surface area contributed by atoms with E-state index in [1.807, 2.05) is 0 Å². The Balaban J connectivity index is 1.75. The zero-order valence-electron chi connectivity index (χ0n) is 15.1. The van der Waals surface area contributed by atoms with Crippen LogP contribution in [0.1, 0.15) is 12.8 Å². The minimum Gasteiger partial charge on any atom is -0.550 e. The third-order valence-electron chi connectivity index (χ3n) is 4.45. The van der Waals surface area contributed by atoms with Gasteiger partial charge in [0.15, 0.2) is 11.5 Å². The summed E-state index contributed by atoms with van der Waals surface area (Å²) in [6.45, 7) is 0.0701. The number of aliphatic hydroxyl groups excluding tert-OH is 2. The number of benzene rings is 1. The van der Waals surface area contributed by atoms with Crippen molar-refractivity contribution in [1.82, 2.24) is 5.32 Å². The number of carboxylic acid groups (broad SMARTS) is 1. The van der Waals surface area contributed by atoms with Crippen LogP contribution in [0.3, 0.4) is 0 Å². The Morgan fingerprint density at radius 2 is 2.00 bits per heavy atom. The molecule has 1 aromatic carbocycles. The number of hydrogen-bond acceptors (Lipinski definition) is 9. The molecule has 11 heteroatoms. The highest BCUT2D eigenvalue weighted by Gasteiger charge is 2.35. The fourth-order valence-corrected chi connectivity index (χ4v) is 2.95. The number of ether oxygens (including phenoxy) is 3. The third kappa shape index (κ3) is 4.76. The highest BCUT2D eigenvalue weighted by Crippen LogP contribution is 2.36. The number of aliphatic carboxylic acids is 1. The number of carbonyl (C=O) groups excluding carboxylic acids is 3. The van der Waals surface area contributed by atoms with Gasteiger partial charge in [-0.2, -0.15) is 0 Å². The number of rotatable bonds is 7. The molecule has 2 aliphatic rings. The van der Waals surface area contributed by atoms with Crippen molar-refractivity contribution in [2.45, 2.75) is 37.2 Å². The van der Waals surface area contributed by atoms with E-state index in [0.717, 1.165) is 0 Å². The lowest BCUT2D eigenvalue weighted by molar-refractivity contribution is -0.306. The number of hydrogen-bond donors (Lipinski definition) is 4. The molecule has 0 unspecified atom stereocenters. The van der Waals surface area contributed by atoms with Crippen molar-refractivity contribution < 1.29 is 43.9 Å². The monoisotopic (exact) mass is 407 g/mol. The Morgan fingerprint density at radius 1 is 1.28 bits per heavy atom. The van der Waals surface area contributed by atoms with Gasteiger partial charge in [-0.05, 0) is 18.2 Å². The summed E-state index contributed by atoms with van der Waals surface area (Å²) in [7, 11) is 0. The fourth-order valence-electron chi connectivity index (χ4n) is 2.95. The molecule has 0 spiro atoms. The maximum atomic E-state index is 12.4. The Morgan fingerprint density at radius 3 is 2.69 bits per heavy atom. The van der Waals surface area contributed by atoms with E-state index < -0.39 is 48.6 Å². The number of carboxylic acids is 1. The molecule has 0 aromatic heterocycles. The van der Waals surface area contributed by atoms with Crippen molar-refractivity contribution in [2.24, 2.45) is 5.73 Å². The van der Waals surface area contributed by atoms with Crippen LogP contribution < -0.4 is 30.4 Å². The Labute approximate surface area is 164 Å². The number of nitrogens with one attached hydrogen (secondary N) is 1. The number of carbonyl (C=O) groups is 3. The molecule has 0 saturated carbocycles. The predicted octanol–water partition coefficient (Wildman–Crippen LogP) is -2.68. The van der Waals surface area contributed by atoms with E-state index in [-0.39, 0.29) is 18.8 Å². The molecule has 1 heterocycles. The zero-order chi connectivity index (χ0) is 21.1. The van der Waals surface area contributed by atoms with Gasteiger partial charge in [0.05, 0.1) is 6.10 Å². The first-order chi connectivity index (χ1) is 13.7. The minimum atomic E-state index is -1.56. The van der Waals surface area contributed by atoms with Crippen molar-refractivity contribution in [3.8, 4) is 17.2 Å². The van der Waals surface area contributed by atoms with E-state index in [9.17, 15) is 29.7 Å². The van der Waals surface area contributed by atoms with E-state index in [0.29, 0.717) is 17.2 Å². The number of primary amides is 1. The van der Waals surface area contributed by atoms with Crippen LogP contribution in [0.4, 0.5) is 0 Å². The summed E-state index contributed by atoms with van der Waals surface area (Å²) in [5.74, 6) is -2.15. The summed E-state index contributed by atoms with van der Waals surface area (Å²) in [6.07, 6.45) is -3.48. The molecular formula is C18H19N2O9-. The van der Waals surface area contributed by atoms with E-state index in [1.54, 1.807) is 12.1 Å². The van der Waals surface area contributed by atoms with E-state index in [2.05, 4.69) is 5.32 Å². The molecule has 0 saturated heterocycles. The first-order valence-corrected chi connectivity index (χ1v) is 8.67. The molecule has 2 amide bonds. The summed E-state index contributed by atoms with van der Waals surface area (Å²) >= 11 is 0. The van der Waals surface area contributed by atoms with Crippen LogP contribution in [0.25, 0.3) is 0 Å². The Kier molecular flexibility index (Phi) is 5.89. The average Bonchev–Trinajstić information content (AvgIpc) is 3.12. The number of aliphatic hydroxyl groups is 2. The predicted molar refractivity (Wildman–Crippen MR) is 92.4 cm³/mol. The van der Waals surface area contributed by atoms with E-state index >= 15 is 0 Å². The second-order valence-corrected chi connectivity index (χ2v) is 6.56. The molecular weight excluding hydrogens is 388 g/mol. The molecule has 11 nitrogen and oxygen atoms in total. The van der Waals surface area contributed by atoms with E-state index in [1.165, 1.54) is 12.1 Å². The first-order valence-electron chi connectivity index (χ1n) is 8.67. The highest BCUT2D eigenvalue weighted by atomic mass is 16.7. The lowest BCUT2D eigenvalue weighted by Crippen LogP contribution is -2.50. The molecule has 3 rings (SSSR count). The number of nitrogens with two attached hydrogens (primary N) is 1. The maximum Gasteiger partial charge on any atom is 0.247 e. The number of amides is 2. The third-order valence-corrected chi connectivity index (χ3v) is 4.45. The van der Waals surface area contributed by atoms with Crippen LogP contribution in [0.2, 0.25) is 0 Å². The second kappa shape index (κ2) is 8.37. The maximum absolute atomic E-state index is 12.4. The molecule has 0 fully saturated rings. The van der Waals surface area contributed by atoms with Crippen LogP contribution >= 0.6 is 0 Å².